The van der Waals surface area contributed by atoms with Crippen molar-refractivity contribution in [3.05, 3.63) is 89.5 Å². The maximum absolute atomic E-state index is 12.4. The van der Waals surface area contributed by atoms with E-state index in [0.717, 1.165) is 5.56 Å². The summed E-state index contributed by atoms with van der Waals surface area (Å²) in [6.07, 6.45) is 0. The summed E-state index contributed by atoms with van der Waals surface area (Å²) in [7, 11) is 0. The van der Waals surface area contributed by atoms with E-state index in [9.17, 15) is 19.5 Å². The molecule has 2 amide bonds. The molecule has 0 radical (unpaired) electrons. The quantitative estimate of drug-likeness (QED) is 0.431. The Labute approximate surface area is 173 Å². The molecule has 0 atom stereocenters. The standard InChI is InChI=1S/C23H20N2O5/c1-15(26)30-21-7-3-5-18(13-21)23(29)25-19-10-8-16(9-11-19)14-24-22(28)17-4-2-6-20(27)12-17/h2-13,27H,14H2,1H3,(H,24,28)(H,25,29). The summed E-state index contributed by atoms with van der Waals surface area (Å²) >= 11 is 0. The second kappa shape index (κ2) is 9.38. The minimum atomic E-state index is -0.459. The second-order valence-electron chi connectivity index (χ2n) is 6.51. The molecule has 7 heteroatoms. The third-order valence-electron chi connectivity index (χ3n) is 4.13. The Hall–Kier alpha value is -4.13. The van der Waals surface area contributed by atoms with Gasteiger partial charge in [-0.1, -0.05) is 24.3 Å². The second-order valence-corrected chi connectivity index (χ2v) is 6.51. The van der Waals surface area contributed by atoms with Gasteiger partial charge in [-0.05, 0) is 54.1 Å². The molecule has 0 bridgehead atoms. The van der Waals surface area contributed by atoms with Crippen LogP contribution in [0.3, 0.4) is 0 Å². The van der Waals surface area contributed by atoms with Crippen LogP contribution in [0.5, 0.6) is 11.5 Å². The van der Waals surface area contributed by atoms with E-state index in [1.54, 1.807) is 54.6 Å². The minimum Gasteiger partial charge on any atom is -0.508 e. The van der Waals surface area contributed by atoms with Gasteiger partial charge in [-0.15, -0.1) is 0 Å². The van der Waals surface area contributed by atoms with Gasteiger partial charge in [0.05, 0.1) is 0 Å². The molecule has 3 N–H and O–H groups in total. The van der Waals surface area contributed by atoms with Crippen molar-refractivity contribution in [2.75, 3.05) is 5.32 Å². The third-order valence-corrected chi connectivity index (χ3v) is 4.13. The molecule has 0 heterocycles. The van der Waals surface area contributed by atoms with E-state index in [-0.39, 0.29) is 17.6 Å². The molecule has 7 nitrogen and oxygen atoms in total. The zero-order valence-electron chi connectivity index (χ0n) is 16.2. The fraction of sp³-hybridized carbons (Fsp3) is 0.0870. The van der Waals surface area contributed by atoms with Crippen LogP contribution in [-0.4, -0.2) is 22.9 Å². The highest BCUT2D eigenvalue weighted by Crippen LogP contribution is 2.16. The molecule has 0 aliphatic rings. The molecule has 0 unspecified atom stereocenters. The van der Waals surface area contributed by atoms with Crippen molar-refractivity contribution in [1.82, 2.24) is 5.32 Å². The van der Waals surface area contributed by atoms with E-state index in [2.05, 4.69) is 10.6 Å². The zero-order valence-corrected chi connectivity index (χ0v) is 16.2. The molecule has 3 rings (SSSR count). The number of rotatable bonds is 6. The van der Waals surface area contributed by atoms with Gasteiger partial charge in [0.15, 0.2) is 0 Å². The number of amides is 2. The van der Waals surface area contributed by atoms with Gasteiger partial charge in [0.25, 0.3) is 11.8 Å². The lowest BCUT2D eigenvalue weighted by atomic mass is 10.1. The number of phenols is 1. The summed E-state index contributed by atoms with van der Waals surface area (Å²) in [6, 6.07) is 19.5. The number of ether oxygens (including phenoxy) is 1. The maximum Gasteiger partial charge on any atom is 0.308 e. The number of hydrogen-bond acceptors (Lipinski definition) is 5. The van der Waals surface area contributed by atoms with Crippen LogP contribution in [0.4, 0.5) is 5.69 Å². The molecule has 152 valence electrons. The predicted molar refractivity (Wildman–Crippen MR) is 111 cm³/mol. The summed E-state index contributed by atoms with van der Waals surface area (Å²) in [5, 5.41) is 15.0. The average molecular weight is 404 g/mol. The van der Waals surface area contributed by atoms with Crippen LogP contribution in [0.15, 0.2) is 72.8 Å². The van der Waals surface area contributed by atoms with Gasteiger partial charge in [-0.2, -0.15) is 0 Å². The Morgan fingerprint density at radius 2 is 1.53 bits per heavy atom. The highest BCUT2D eigenvalue weighted by Gasteiger charge is 2.09. The van der Waals surface area contributed by atoms with Crippen molar-refractivity contribution >= 4 is 23.5 Å². The van der Waals surface area contributed by atoms with Crippen molar-refractivity contribution in [3.63, 3.8) is 0 Å². The Bertz CT molecular complexity index is 1080. The summed E-state index contributed by atoms with van der Waals surface area (Å²) in [6.45, 7) is 1.59. The summed E-state index contributed by atoms with van der Waals surface area (Å²) in [5.74, 6) is -0.765. The molecule has 0 aromatic heterocycles. The van der Waals surface area contributed by atoms with Crippen molar-refractivity contribution in [1.29, 1.82) is 0 Å². The molecule has 0 saturated heterocycles. The first-order chi connectivity index (χ1) is 14.4. The number of phenolic OH excluding ortho intramolecular Hbond substituents is 1. The molecule has 3 aromatic rings. The average Bonchev–Trinajstić information content (AvgIpc) is 2.72. The first-order valence-corrected chi connectivity index (χ1v) is 9.17. The van der Waals surface area contributed by atoms with Gasteiger partial charge < -0.3 is 20.5 Å². The lowest BCUT2D eigenvalue weighted by Crippen LogP contribution is -2.22. The first-order valence-electron chi connectivity index (χ1n) is 9.17. The Morgan fingerprint density at radius 1 is 0.867 bits per heavy atom. The lowest BCUT2D eigenvalue weighted by Gasteiger charge is -2.09. The number of esters is 1. The van der Waals surface area contributed by atoms with Gasteiger partial charge in [0.2, 0.25) is 0 Å². The van der Waals surface area contributed by atoms with Crippen LogP contribution in [0, 0.1) is 0 Å². The minimum absolute atomic E-state index is 0.0288. The molecule has 3 aromatic carbocycles. The van der Waals surface area contributed by atoms with Gasteiger partial charge in [0, 0.05) is 30.3 Å². The van der Waals surface area contributed by atoms with Crippen LogP contribution in [0.25, 0.3) is 0 Å². The lowest BCUT2D eigenvalue weighted by molar-refractivity contribution is -0.131. The summed E-state index contributed by atoms with van der Waals surface area (Å²) < 4.78 is 4.99. The van der Waals surface area contributed by atoms with Crippen molar-refractivity contribution in [3.8, 4) is 11.5 Å². The fourth-order valence-electron chi connectivity index (χ4n) is 2.71. The number of carbonyl (C=O) groups excluding carboxylic acids is 3. The first kappa shape index (κ1) is 20.6. The monoisotopic (exact) mass is 404 g/mol. The normalized spacial score (nSPS) is 10.2. The van der Waals surface area contributed by atoms with Crippen LogP contribution >= 0.6 is 0 Å². The van der Waals surface area contributed by atoms with E-state index >= 15 is 0 Å². The fourth-order valence-corrected chi connectivity index (χ4v) is 2.71. The third kappa shape index (κ3) is 5.68. The maximum atomic E-state index is 12.4. The Kier molecular flexibility index (Phi) is 6.44. The SMILES string of the molecule is CC(=O)Oc1cccc(C(=O)Nc2ccc(CNC(=O)c3cccc(O)c3)cc2)c1. The number of aromatic hydroxyl groups is 1. The largest absolute Gasteiger partial charge is 0.508 e. The van der Waals surface area contributed by atoms with Gasteiger partial charge in [0.1, 0.15) is 11.5 Å². The van der Waals surface area contributed by atoms with E-state index < -0.39 is 5.97 Å². The van der Waals surface area contributed by atoms with Crippen LogP contribution in [-0.2, 0) is 11.3 Å². The number of nitrogens with one attached hydrogen (secondary N) is 2. The number of anilines is 1. The smallest absolute Gasteiger partial charge is 0.308 e. The van der Waals surface area contributed by atoms with E-state index in [0.29, 0.717) is 29.1 Å². The summed E-state index contributed by atoms with van der Waals surface area (Å²) in [5.41, 5.74) is 2.16. The molecule has 0 spiro atoms. The van der Waals surface area contributed by atoms with Crippen molar-refractivity contribution in [2.24, 2.45) is 0 Å². The molecule has 0 fully saturated rings. The zero-order chi connectivity index (χ0) is 21.5. The number of benzene rings is 3. The molecule has 0 aliphatic carbocycles. The number of carbonyl (C=O) groups is 3. The van der Waals surface area contributed by atoms with Gasteiger partial charge in [-0.3, -0.25) is 14.4 Å². The number of hydrogen-bond donors (Lipinski definition) is 3. The van der Waals surface area contributed by atoms with Crippen LogP contribution in [0.1, 0.15) is 33.2 Å². The van der Waals surface area contributed by atoms with Crippen molar-refractivity contribution in [2.45, 2.75) is 13.5 Å². The molecule has 0 saturated carbocycles. The Balaban J connectivity index is 1.57. The van der Waals surface area contributed by atoms with Crippen molar-refractivity contribution < 1.29 is 24.2 Å². The van der Waals surface area contributed by atoms with Gasteiger partial charge >= 0.3 is 5.97 Å². The van der Waals surface area contributed by atoms with E-state index in [1.165, 1.54) is 25.1 Å². The van der Waals surface area contributed by atoms with Gasteiger partial charge in [-0.25, -0.2) is 0 Å². The highest BCUT2D eigenvalue weighted by atomic mass is 16.5. The highest BCUT2D eigenvalue weighted by molar-refractivity contribution is 6.04. The van der Waals surface area contributed by atoms with E-state index in [1.807, 2.05) is 0 Å². The van der Waals surface area contributed by atoms with E-state index in [4.69, 9.17) is 4.74 Å². The van der Waals surface area contributed by atoms with Crippen LogP contribution in [0.2, 0.25) is 0 Å². The molecular formula is C23H20N2O5. The summed E-state index contributed by atoms with van der Waals surface area (Å²) in [4.78, 5) is 35.6. The molecule has 0 aliphatic heterocycles. The molecule has 30 heavy (non-hydrogen) atoms. The topological polar surface area (TPSA) is 105 Å². The predicted octanol–water partition coefficient (Wildman–Crippen LogP) is 3.50. The van der Waals surface area contributed by atoms with Crippen LogP contribution < -0.4 is 15.4 Å². The molecular weight excluding hydrogens is 384 g/mol. The Morgan fingerprint density at radius 3 is 2.20 bits per heavy atom.